The Kier molecular flexibility index (Phi) is 4.87. The summed E-state index contributed by atoms with van der Waals surface area (Å²) in [5.41, 5.74) is 7.66. The van der Waals surface area contributed by atoms with E-state index in [1.165, 1.54) is 0 Å². The highest BCUT2D eigenvalue weighted by Crippen LogP contribution is 2.46. The maximum absolute atomic E-state index is 13.1. The molecule has 1 fully saturated rings. The maximum atomic E-state index is 13.1. The van der Waals surface area contributed by atoms with Gasteiger partial charge in [-0.1, -0.05) is 58.0 Å². The van der Waals surface area contributed by atoms with Crippen molar-refractivity contribution < 1.29 is 14.4 Å². The van der Waals surface area contributed by atoms with Gasteiger partial charge in [0.25, 0.3) is 0 Å². The third kappa shape index (κ3) is 3.90. The van der Waals surface area contributed by atoms with E-state index in [2.05, 4.69) is 0 Å². The molecule has 1 unspecified atom stereocenters. The monoisotopic (exact) mass is 367 g/mol. The molecule has 0 bridgehead atoms. The second-order valence-electron chi connectivity index (χ2n) is 9.70. The Hall–Kier alpha value is -2.23. The molecule has 0 amide bonds. The zero-order chi connectivity index (χ0) is 20.0. The van der Waals surface area contributed by atoms with Gasteiger partial charge in [0.05, 0.1) is 5.92 Å². The molecule has 1 aromatic carbocycles. The lowest BCUT2D eigenvalue weighted by atomic mass is 9.62. The molecule has 1 atom stereocenters. The van der Waals surface area contributed by atoms with Crippen LogP contribution in [-0.4, -0.2) is 17.3 Å². The Bertz CT molecular complexity index is 797. The highest BCUT2D eigenvalue weighted by atomic mass is 16.2. The van der Waals surface area contributed by atoms with E-state index in [1.807, 2.05) is 58.0 Å². The van der Waals surface area contributed by atoms with E-state index in [0.29, 0.717) is 37.0 Å². The maximum Gasteiger partial charge on any atom is 0.161 e. The molecule has 2 aliphatic carbocycles. The molecule has 4 heteroatoms. The van der Waals surface area contributed by atoms with E-state index in [4.69, 9.17) is 5.73 Å². The minimum absolute atomic E-state index is 0.0389. The molecule has 2 N–H and O–H groups in total. The molecule has 27 heavy (non-hydrogen) atoms. The van der Waals surface area contributed by atoms with Gasteiger partial charge in [0.2, 0.25) is 0 Å². The third-order valence-electron chi connectivity index (χ3n) is 5.76. The van der Waals surface area contributed by atoms with Crippen LogP contribution in [0.4, 0.5) is 0 Å². The van der Waals surface area contributed by atoms with Crippen LogP contribution in [0.25, 0.3) is 0 Å². The average molecular weight is 367 g/mol. The van der Waals surface area contributed by atoms with Crippen LogP contribution in [0, 0.1) is 16.7 Å². The van der Waals surface area contributed by atoms with Gasteiger partial charge in [-0.15, -0.1) is 0 Å². The van der Waals surface area contributed by atoms with E-state index < -0.39 is 11.8 Å². The summed E-state index contributed by atoms with van der Waals surface area (Å²) in [7, 11) is 0. The summed E-state index contributed by atoms with van der Waals surface area (Å²) in [6.07, 6.45) is 1.67. The molecule has 1 saturated carbocycles. The number of allylic oxidation sites excluding steroid dienone is 2. The second kappa shape index (κ2) is 6.74. The van der Waals surface area contributed by atoms with Gasteiger partial charge >= 0.3 is 0 Å². The Labute approximate surface area is 161 Å². The molecule has 1 aromatic rings. The SMILES string of the molecule is CC1(C)CC(=O)C(C(C2=C(N)CC(C)(C)CC2=O)c2ccccc2)C(=O)C1. The summed E-state index contributed by atoms with van der Waals surface area (Å²) < 4.78 is 0. The van der Waals surface area contributed by atoms with Crippen LogP contribution in [-0.2, 0) is 14.4 Å². The molecule has 0 aliphatic heterocycles. The van der Waals surface area contributed by atoms with E-state index in [9.17, 15) is 14.4 Å². The van der Waals surface area contributed by atoms with Crippen LogP contribution in [0.5, 0.6) is 0 Å². The van der Waals surface area contributed by atoms with Crippen LogP contribution in [0.15, 0.2) is 41.6 Å². The summed E-state index contributed by atoms with van der Waals surface area (Å²) >= 11 is 0. The largest absolute Gasteiger partial charge is 0.402 e. The number of Topliss-reactive ketones (excluding diaryl/α,β-unsaturated/α-hetero) is 3. The molecule has 0 heterocycles. The lowest BCUT2D eigenvalue weighted by Gasteiger charge is -2.39. The van der Waals surface area contributed by atoms with Crippen molar-refractivity contribution >= 4 is 17.3 Å². The smallest absolute Gasteiger partial charge is 0.161 e. The zero-order valence-electron chi connectivity index (χ0n) is 16.7. The van der Waals surface area contributed by atoms with Crippen molar-refractivity contribution in [3.05, 3.63) is 47.2 Å². The molecular weight excluding hydrogens is 338 g/mol. The molecule has 0 aromatic heterocycles. The molecule has 0 spiro atoms. The number of hydrogen-bond acceptors (Lipinski definition) is 4. The summed E-state index contributed by atoms with van der Waals surface area (Å²) in [5, 5.41) is 0. The van der Waals surface area contributed by atoms with Crippen molar-refractivity contribution in [1.82, 2.24) is 0 Å². The third-order valence-corrected chi connectivity index (χ3v) is 5.76. The molecule has 0 saturated heterocycles. The zero-order valence-corrected chi connectivity index (χ0v) is 16.7. The van der Waals surface area contributed by atoms with Gasteiger partial charge in [-0.2, -0.15) is 0 Å². The van der Waals surface area contributed by atoms with E-state index in [0.717, 1.165) is 5.56 Å². The van der Waals surface area contributed by atoms with Crippen molar-refractivity contribution in [3.63, 3.8) is 0 Å². The van der Waals surface area contributed by atoms with E-state index in [1.54, 1.807) is 0 Å². The van der Waals surface area contributed by atoms with Crippen molar-refractivity contribution in [2.75, 3.05) is 0 Å². The van der Waals surface area contributed by atoms with Crippen molar-refractivity contribution in [3.8, 4) is 0 Å². The Balaban J connectivity index is 2.13. The van der Waals surface area contributed by atoms with Gasteiger partial charge in [-0.3, -0.25) is 14.4 Å². The van der Waals surface area contributed by atoms with Crippen LogP contribution in [0.2, 0.25) is 0 Å². The van der Waals surface area contributed by atoms with Gasteiger partial charge < -0.3 is 5.73 Å². The predicted molar refractivity (Wildman–Crippen MR) is 105 cm³/mol. The van der Waals surface area contributed by atoms with Crippen molar-refractivity contribution in [1.29, 1.82) is 0 Å². The molecule has 3 rings (SSSR count). The number of carbonyl (C=O) groups excluding carboxylic acids is 3. The van der Waals surface area contributed by atoms with Crippen LogP contribution in [0.3, 0.4) is 0 Å². The van der Waals surface area contributed by atoms with Gasteiger partial charge in [-0.05, 0) is 22.8 Å². The van der Waals surface area contributed by atoms with Gasteiger partial charge in [-0.25, -0.2) is 0 Å². The summed E-state index contributed by atoms with van der Waals surface area (Å²) in [4.78, 5) is 39.1. The Morgan fingerprint density at radius 2 is 1.37 bits per heavy atom. The topological polar surface area (TPSA) is 77.2 Å². The van der Waals surface area contributed by atoms with Crippen molar-refractivity contribution in [2.24, 2.45) is 22.5 Å². The Morgan fingerprint density at radius 3 is 1.89 bits per heavy atom. The predicted octanol–water partition coefficient (Wildman–Crippen LogP) is 3.95. The van der Waals surface area contributed by atoms with E-state index in [-0.39, 0.29) is 28.2 Å². The fourth-order valence-electron chi connectivity index (χ4n) is 4.72. The van der Waals surface area contributed by atoms with Gasteiger partial charge in [0.1, 0.15) is 11.6 Å². The number of nitrogens with two attached hydrogens (primary N) is 1. The van der Waals surface area contributed by atoms with E-state index >= 15 is 0 Å². The second-order valence-corrected chi connectivity index (χ2v) is 9.70. The fraction of sp³-hybridized carbons (Fsp3) is 0.522. The summed E-state index contributed by atoms with van der Waals surface area (Å²) in [6.45, 7) is 7.92. The van der Waals surface area contributed by atoms with Crippen LogP contribution < -0.4 is 5.73 Å². The molecule has 0 radical (unpaired) electrons. The normalized spacial score (nSPS) is 24.2. The fourth-order valence-corrected chi connectivity index (χ4v) is 4.72. The Morgan fingerprint density at radius 1 is 0.852 bits per heavy atom. The highest BCUT2D eigenvalue weighted by Gasteiger charge is 2.47. The highest BCUT2D eigenvalue weighted by molar-refractivity contribution is 6.09. The number of hydrogen-bond donors (Lipinski definition) is 1. The first kappa shape index (κ1) is 19.5. The summed E-state index contributed by atoms with van der Waals surface area (Å²) in [6, 6.07) is 9.41. The summed E-state index contributed by atoms with van der Waals surface area (Å²) in [5.74, 6) is -1.60. The van der Waals surface area contributed by atoms with Gasteiger partial charge in [0, 0.05) is 36.5 Å². The standard InChI is InChI=1S/C23H29NO3/c1-22(2)10-15(24)20(16(25)11-22)19(14-8-6-5-7-9-14)21-17(26)12-23(3,4)13-18(21)27/h5-9,19,21H,10-13,24H2,1-4H3. The van der Waals surface area contributed by atoms with Crippen LogP contribution >= 0.6 is 0 Å². The molecule has 4 nitrogen and oxygen atoms in total. The molecule has 144 valence electrons. The number of rotatable bonds is 3. The number of carbonyl (C=O) groups is 3. The minimum Gasteiger partial charge on any atom is -0.402 e. The first-order chi connectivity index (χ1) is 12.5. The quantitative estimate of drug-likeness (QED) is 0.821. The van der Waals surface area contributed by atoms with Gasteiger partial charge in [0.15, 0.2) is 5.78 Å². The van der Waals surface area contributed by atoms with Crippen LogP contribution in [0.1, 0.15) is 64.9 Å². The lowest BCUT2D eigenvalue weighted by Crippen LogP contribution is -2.43. The van der Waals surface area contributed by atoms with Crippen molar-refractivity contribution in [2.45, 2.75) is 59.3 Å². The average Bonchev–Trinajstić information content (AvgIpc) is 2.50. The minimum atomic E-state index is -0.820. The lowest BCUT2D eigenvalue weighted by molar-refractivity contribution is -0.140. The molecule has 2 aliphatic rings. The first-order valence-corrected chi connectivity index (χ1v) is 9.63. The first-order valence-electron chi connectivity index (χ1n) is 9.63. The number of ketones is 3. The molecular formula is C23H29NO3. The number of benzene rings is 1.